The van der Waals surface area contributed by atoms with Crippen molar-refractivity contribution < 1.29 is 4.79 Å². The van der Waals surface area contributed by atoms with Gasteiger partial charge in [0.15, 0.2) is 0 Å². The summed E-state index contributed by atoms with van der Waals surface area (Å²) in [6, 6.07) is 11.9. The number of hydrazine groups is 1. The van der Waals surface area contributed by atoms with Crippen molar-refractivity contribution in [3.63, 3.8) is 0 Å². The second kappa shape index (κ2) is 5.77. The smallest absolute Gasteiger partial charge is 0.269 e. The number of thiazole rings is 1. The first-order valence-corrected chi connectivity index (χ1v) is 7.86. The Labute approximate surface area is 133 Å². The minimum absolute atomic E-state index is 0.155. The summed E-state index contributed by atoms with van der Waals surface area (Å²) >= 11 is 1.52. The van der Waals surface area contributed by atoms with Crippen LogP contribution in [0.25, 0.3) is 10.2 Å². The van der Waals surface area contributed by atoms with Crippen molar-refractivity contribution in [1.82, 2.24) is 10.4 Å². The molecule has 1 amide bonds. The third-order valence-corrected chi connectivity index (χ3v) is 4.48. The predicted molar refractivity (Wildman–Crippen MR) is 91.4 cm³/mol. The molecular weight excluding hydrogens is 294 g/mol. The van der Waals surface area contributed by atoms with Gasteiger partial charge in [0.05, 0.1) is 10.2 Å². The van der Waals surface area contributed by atoms with Gasteiger partial charge < -0.3 is 0 Å². The van der Waals surface area contributed by atoms with Crippen LogP contribution in [0, 0.1) is 20.8 Å². The van der Waals surface area contributed by atoms with Crippen LogP contribution >= 0.6 is 11.3 Å². The molecule has 5 heteroatoms. The molecule has 0 aliphatic carbocycles. The quantitative estimate of drug-likeness (QED) is 0.719. The topological polar surface area (TPSA) is 54.0 Å². The number of rotatable bonds is 3. The number of nitrogens with one attached hydrogen (secondary N) is 2. The fraction of sp³-hybridized carbons (Fsp3) is 0.176. The number of fused-ring (bicyclic) bond motifs is 1. The summed E-state index contributed by atoms with van der Waals surface area (Å²) in [6.07, 6.45) is 0. The normalized spacial score (nSPS) is 10.7. The summed E-state index contributed by atoms with van der Waals surface area (Å²) in [5, 5.41) is 0.683. The molecule has 4 nitrogen and oxygen atoms in total. The first-order chi connectivity index (χ1) is 10.5. The van der Waals surface area contributed by atoms with Crippen LogP contribution in [0.3, 0.4) is 0 Å². The third-order valence-electron chi connectivity index (χ3n) is 3.54. The van der Waals surface area contributed by atoms with Gasteiger partial charge in [0.2, 0.25) is 5.13 Å². The van der Waals surface area contributed by atoms with Crippen LogP contribution in [0.5, 0.6) is 0 Å². The van der Waals surface area contributed by atoms with Crippen molar-refractivity contribution in [1.29, 1.82) is 0 Å². The van der Waals surface area contributed by atoms with Crippen molar-refractivity contribution in [2.75, 3.05) is 5.43 Å². The SMILES string of the molecule is Cc1ccc(C)c(C(=O)NNc2nc3c(C)cccc3s2)c1. The van der Waals surface area contributed by atoms with Crippen LogP contribution in [0.1, 0.15) is 27.0 Å². The van der Waals surface area contributed by atoms with Gasteiger partial charge in [-0.2, -0.15) is 0 Å². The highest BCUT2D eigenvalue weighted by molar-refractivity contribution is 7.22. The van der Waals surface area contributed by atoms with Gasteiger partial charge in [-0.1, -0.05) is 41.2 Å². The summed E-state index contributed by atoms with van der Waals surface area (Å²) in [5.74, 6) is -0.155. The molecule has 0 saturated heterocycles. The molecule has 22 heavy (non-hydrogen) atoms. The van der Waals surface area contributed by atoms with Crippen molar-refractivity contribution in [2.24, 2.45) is 0 Å². The lowest BCUT2D eigenvalue weighted by Gasteiger charge is -2.08. The molecule has 0 radical (unpaired) electrons. The molecule has 1 heterocycles. The second-order valence-electron chi connectivity index (χ2n) is 5.34. The zero-order valence-corrected chi connectivity index (χ0v) is 13.5. The van der Waals surface area contributed by atoms with Gasteiger partial charge in [-0.3, -0.25) is 15.6 Å². The predicted octanol–water partition coefficient (Wildman–Crippen LogP) is 3.98. The monoisotopic (exact) mass is 311 g/mol. The summed E-state index contributed by atoms with van der Waals surface area (Å²) in [6.45, 7) is 5.93. The molecule has 0 fully saturated rings. The Morgan fingerprint density at radius 3 is 2.68 bits per heavy atom. The molecule has 3 rings (SSSR count). The number of aryl methyl sites for hydroxylation is 3. The van der Waals surface area contributed by atoms with Crippen LogP contribution in [0.4, 0.5) is 5.13 Å². The molecule has 0 saturated carbocycles. The van der Waals surface area contributed by atoms with E-state index in [-0.39, 0.29) is 5.91 Å². The molecule has 1 aromatic heterocycles. The Morgan fingerprint density at radius 2 is 1.91 bits per heavy atom. The largest absolute Gasteiger partial charge is 0.273 e. The highest BCUT2D eigenvalue weighted by Gasteiger charge is 2.10. The lowest BCUT2D eigenvalue weighted by Crippen LogP contribution is -2.29. The molecule has 0 atom stereocenters. The Hall–Kier alpha value is -2.40. The van der Waals surface area contributed by atoms with Gasteiger partial charge >= 0.3 is 0 Å². The fourth-order valence-electron chi connectivity index (χ4n) is 2.30. The van der Waals surface area contributed by atoms with Crippen LogP contribution in [-0.2, 0) is 0 Å². The maximum atomic E-state index is 12.3. The average Bonchev–Trinajstić information content (AvgIpc) is 2.92. The van der Waals surface area contributed by atoms with E-state index in [2.05, 4.69) is 15.8 Å². The van der Waals surface area contributed by atoms with E-state index in [9.17, 15) is 4.79 Å². The molecule has 0 aliphatic rings. The van der Waals surface area contributed by atoms with Gasteiger partial charge in [-0.05, 0) is 44.0 Å². The van der Waals surface area contributed by atoms with Crippen LogP contribution in [0.15, 0.2) is 36.4 Å². The summed E-state index contributed by atoms with van der Waals surface area (Å²) < 4.78 is 1.10. The average molecular weight is 311 g/mol. The molecule has 0 unspecified atom stereocenters. The molecule has 0 aliphatic heterocycles. The van der Waals surface area contributed by atoms with Crippen molar-refractivity contribution in [2.45, 2.75) is 20.8 Å². The van der Waals surface area contributed by atoms with E-state index < -0.39 is 0 Å². The van der Waals surface area contributed by atoms with Gasteiger partial charge in [0, 0.05) is 5.56 Å². The first kappa shape index (κ1) is 14.5. The number of hydrogen-bond acceptors (Lipinski definition) is 4. The van der Waals surface area contributed by atoms with Crippen molar-refractivity contribution >= 4 is 32.6 Å². The Bertz CT molecular complexity index is 854. The Balaban J connectivity index is 1.77. The molecule has 2 aromatic carbocycles. The first-order valence-electron chi connectivity index (χ1n) is 7.04. The van der Waals surface area contributed by atoms with Crippen LogP contribution < -0.4 is 10.9 Å². The minimum atomic E-state index is -0.155. The van der Waals surface area contributed by atoms with Crippen LogP contribution in [-0.4, -0.2) is 10.9 Å². The number of amides is 1. The van der Waals surface area contributed by atoms with Gasteiger partial charge in [-0.15, -0.1) is 0 Å². The van der Waals surface area contributed by atoms with Crippen molar-refractivity contribution in [3.8, 4) is 0 Å². The number of para-hydroxylation sites is 1. The van der Waals surface area contributed by atoms with E-state index in [0.717, 1.165) is 26.9 Å². The van der Waals surface area contributed by atoms with Gasteiger partial charge in [0.1, 0.15) is 0 Å². The van der Waals surface area contributed by atoms with Crippen LogP contribution in [0.2, 0.25) is 0 Å². The van der Waals surface area contributed by atoms with E-state index in [1.165, 1.54) is 11.3 Å². The lowest BCUT2D eigenvalue weighted by molar-refractivity contribution is 0.0962. The standard InChI is InChI=1S/C17H17N3OS/c1-10-7-8-11(2)13(9-10)16(21)19-20-17-18-15-12(3)5-4-6-14(15)22-17/h4-9H,1-3H3,(H,18,20)(H,19,21). The number of hydrogen-bond donors (Lipinski definition) is 2. The molecule has 0 bridgehead atoms. The Kier molecular flexibility index (Phi) is 3.81. The number of carbonyl (C=O) groups excluding carboxylic acids is 1. The molecule has 0 spiro atoms. The maximum absolute atomic E-state index is 12.3. The maximum Gasteiger partial charge on any atom is 0.269 e. The molecule has 3 aromatic rings. The number of nitrogens with zero attached hydrogens (tertiary/aromatic N) is 1. The number of carbonyl (C=O) groups is 1. The van der Waals surface area contributed by atoms with E-state index in [0.29, 0.717) is 10.7 Å². The molecule has 112 valence electrons. The summed E-state index contributed by atoms with van der Waals surface area (Å²) in [5.41, 5.74) is 10.4. The van der Waals surface area contributed by atoms with E-state index in [4.69, 9.17) is 0 Å². The zero-order valence-electron chi connectivity index (χ0n) is 12.7. The molecular formula is C17H17N3OS. The Morgan fingerprint density at radius 1 is 1.09 bits per heavy atom. The molecule has 2 N–H and O–H groups in total. The lowest BCUT2D eigenvalue weighted by atomic mass is 10.1. The summed E-state index contributed by atoms with van der Waals surface area (Å²) in [4.78, 5) is 16.8. The minimum Gasteiger partial charge on any atom is -0.273 e. The van der Waals surface area contributed by atoms with E-state index in [1.54, 1.807) is 0 Å². The fourth-order valence-corrected chi connectivity index (χ4v) is 3.19. The number of aromatic nitrogens is 1. The van der Waals surface area contributed by atoms with Crippen molar-refractivity contribution in [3.05, 3.63) is 58.7 Å². The highest BCUT2D eigenvalue weighted by Crippen LogP contribution is 2.27. The highest BCUT2D eigenvalue weighted by atomic mass is 32.1. The van der Waals surface area contributed by atoms with Gasteiger partial charge in [-0.25, -0.2) is 4.98 Å². The number of anilines is 1. The van der Waals surface area contributed by atoms with E-state index >= 15 is 0 Å². The summed E-state index contributed by atoms with van der Waals surface area (Å²) in [7, 11) is 0. The third kappa shape index (κ3) is 2.80. The zero-order chi connectivity index (χ0) is 15.7. The second-order valence-corrected chi connectivity index (χ2v) is 6.37. The van der Waals surface area contributed by atoms with E-state index in [1.807, 2.05) is 57.2 Å². The number of benzene rings is 2. The van der Waals surface area contributed by atoms with Gasteiger partial charge in [0.25, 0.3) is 5.91 Å².